The van der Waals surface area contributed by atoms with Crippen LogP contribution in [0.25, 0.3) is 11.2 Å². The highest BCUT2D eigenvalue weighted by atomic mass is 32.1. The molecule has 2 unspecified atom stereocenters. The maximum atomic E-state index is 10.3. The number of nitrogens with two attached hydrogens (primary N) is 1. The first-order valence-corrected chi connectivity index (χ1v) is 9.33. The molecular formula is C16H23N5O4S. The molecule has 4 rings (SSSR count). The summed E-state index contributed by atoms with van der Waals surface area (Å²) in [5.74, 6) is 0.581. The average molecular weight is 381 g/mol. The van der Waals surface area contributed by atoms with Crippen molar-refractivity contribution in [3.8, 4) is 0 Å². The van der Waals surface area contributed by atoms with Crippen LogP contribution in [0.1, 0.15) is 43.7 Å². The van der Waals surface area contributed by atoms with Crippen LogP contribution < -0.4 is 5.73 Å². The Morgan fingerprint density at radius 3 is 2.73 bits per heavy atom. The van der Waals surface area contributed by atoms with Gasteiger partial charge < -0.3 is 25.8 Å². The maximum absolute atomic E-state index is 10.3. The molecule has 2 aromatic rings. The van der Waals surface area contributed by atoms with Gasteiger partial charge in [-0.25, -0.2) is 15.0 Å². The second-order valence-corrected chi connectivity index (χ2v) is 7.57. The number of rotatable bonds is 3. The van der Waals surface area contributed by atoms with Gasteiger partial charge in [0.15, 0.2) is 17.7 Å². The summed E-state index contributed by atoms with van der Waals surface area (Å²) in [5, 5.41) is 29.3. The van der Waals surface area contributed by atoms with E-state index in [9.17, 15) is 15.3 Å². The molecule has 1 aliphatic heterocycles. The van der Waals surface area contributed by atoms with Gasteiger partial charge in [0.05, 0.1) is 30.4 Å². The highest BCUT2D eigenvalue weighted by Gasteiger charge is 2.43. The van der Waals surface area contributed by atoms with Crippen LogP contribution in [0.15, 0.2) is 6.33 Å². The van der Waals surface area contributed by atoms with Gasteiger partial charge in [0, 0.05) is 5.92 Å². The number of aliphatic hydroxyl groups excluding tert-OH is 3. The second kappa shape index (κ2) is 6.93. The Hall–Kier alpha value is -1.46. The van der Waals surface area contributed by atoms with Gasteiger partial charge in [-0.3, -0.25) is 4.57 Å². The molecule has 1 saturated carbocycles. The largest absolute Gasteiger partial charge is 0.394 e. The van der Waals surface area contributed by atoms with Crippen molar-refractivity contribution in [2.75, 3.05) is 12.3 Å². The second-order valence-electron chi connectivity index (χ2n) is 6.98. The molecule has 0 amide bonds. The van der Waals surface area contributed by atoms with E-state index in [2.05, 4.69) is 27.6 Å². The number of hydrogen-bond acceptors (Lipinski definition) is 9. The first-order valence-electron chi connectivity index (χ1n) is 8.81. The van der Waals surface area contributed by atoms with Gasteiger partial charge in [0.2, 0.25) is 0 Å². The fraction of sp³-hybridized carbons (Fsp3) is 0.688. The fourth-order valence-corrected chi connectivity index (χ4v) is 4.24. The lowest BCUT2D eigenvalue weighted by Gasteiger charge is -2.26. The topological polar surface area (TPSA) is 140 Å². The number of nitrogens with zero attached hydrogens (tertiary/aromatic N) is 4. The van der Waals surface area contributed by atoms with Gasteiger partial charge in [0.1, 0.15) is 17.4 Å². The summed E-state index contributed by atoms with van der Waals surface area (Å²) < 4.78 is 7.39. The highest BCUT2D eigenvalue weighted by molar-refractivity contribution is 7.81. The van der Waals surface area contributed by atoms with Gasteiger partial charge in [-0.15, -0.1) is 0 Å². The quantitative estimate of drug-likeness (QED) is 0.467. The van der Waals surface area contributed by atoms with Gasteiger partial charge in [-0.2, -0.15) is 12.6 Å². The predicted octanol–water partition coefficient (Wildman–Crippen LogP) is -0.0240. The van der Waals surface area contributed by atoms with E-state index in [0.29, 0.717) is 17.0 Å². The van der Waals surface area contributed by atoms with E-state index in [1.54, 1.807) is 4.57 Å². The summed E-state index contributed by atoms with van der Waals surface area (Å²) in [6.07, 6.45) is 2.29. The summed E-state index contributed by atoms with van der Waals surface area (Å²) >= 11 is 4.43. The molecule has 0 spiro atoms. The minimum Gasteiger partial charge on any atom is -0.394 e. The molecule has 0 aromatic carbocycles. The maximum Gasteiger partial charge on any atom is 0.167 e. The van der Waals surface area contributed by atoms with Crippen LogP contribution in [-0.2, 0) is 4.74 Å². The lowest BCUT2D eigenvalue weighted by atomic mass is 9.86. The monoisotopic (exact) mass is 381 g/mol. The van der Waals surface area contributed by atoms with Crippen LogP contribution in [-0.4, -0.2) is 65.0 Å². The SMILES string of the molecule is Nc1nc(C2CCCCC2O)nc2c1ncn2[C@@H]1O[C@H](CO)[C@@H](O)[C@H]1S. The van der Waals surface area contributed by atoms with Crippen molar-refractivity contribution >= 4 is 29.6 Å². The number of nitrogen functional groups attached to an aromatic ring is 1. The molecule has 142 valence electrons. The van der Waals surface area contributed by atoms with Crippen molar-refractivity contribution in [3.63, 3.8) is 0 Å². The standard InChI is InChI=1S/C16H23N5O4S/c17-13-10-15(20-14(19-13)7-3-1-2-4-8(7)23)21(6-18-10)16-12(26)11(24)9(5-22)25-16/h6-9,11-12,16,22-24,26H,1-5H2,(H2,17,19,20)/t7?,8?,9-,11-,12-,16-/m1/s1. The fourth-order valence-electron chi connectivity index (χ4n) is 3.83. The summed E-state index contributed by atoms with van der Waals surface area (Å²) in [5.41, 5.74) is 6.99. The highest BCUT2D eigenvalue weighted by Crippen LogP contribution is 2.36. The Morgan fingerprint density at radius 1 is 1.27 bits per heavy atom. The van der Waals surface area contributed by atoms with E-state index >= 15 is 0 Å². The molecule has 1 aliphatic carbocycles. The van der Waals surface area contributed by atoms with Crippen LogP contribution in [0.4, 0.5) is 5.82 Å². The van der Waals surface area contributed by atoms with Gasteiger partial charge in [-0.05, 0) is 12.8 Å². The molecule has 6 atom stereocenters. The zero-order valence-electron chi connectivity index (χ0n) is 14.1. The van der Waals surface area contributed by atoms with Crippen molar-refractivity contribution in [3.05, 3.63) is 12.2 Å². The molecule has 2 fully saturated rings. The third kappa shape index (κ3) is 2.85. The van der Waals surface area contributed by atoms with E-state index in [4.69, 9.17) is 10.5 Å². The smallest absolute Gasteiger partial charge is 0.167 e. The van der Waals surface area contributed by atoms with Gasteiger partial charge in [-0.1, -0.05) is 12.8 Å². The molecule has 0 bridgehead atoms. The zero-order valence-corrected chi connectivity index (χ0v) is 15.0. The summed E-state index contributed by atoms with van der Waals surface area (Å²) in [7, 11) is 0. The number of imidazole rings is 1. The number of ether oxygens (including phenoxy) is 1. The molecule has 10 heteroatoms. The van der Waals surface area contributed by atoms with E-state index < -0.39 is 29.8 Å². The first-order chi connectivity index (χ1) is 12.5. The molecule has 2 aliphatic rings. The molecule has 9 nitrogen and oxygen atoms in total. The third-order valence-electron chi connectivity index (χ3n) is 5.32. The lowest BCUT2D eigenvalue weighted by molar-refractivity contribution is -0.0430. The summed E-state index contributed by atoms with van der Waals surface area (Å²) in [4.78, 5) is 13.2. The Morgan fingerprint density at radius 2 is 2.04 bits per heavy atom. The van der Waals surface area contributed by atoms with Crippen LogP contribution in [0.3, 0.4) is 0 Å². The number of thiol groups is 1. The molecule has 26 heavy (non-hydrogen) atoms. The number of hydrogen-bond donors (Lipinski definition) is 5. The van der Waals surface area contributed by atoms with Crippen LogP contribution in [0.5, 0.6) is 0 Å². The molecule has 5 N–H and O–H groups in total. The van der Waals surface area contributed by atoms with Crippen LogP contribution in [0.2, 0.25) is 0 Å². The molecule has 2 aromatic heterocycles. The normalized spacial score (nSPS) is 35.2. The molecular weight excluding hydrogens is 358 g/mol. The van der Waals surface area contributed by atoms with Gasteiger partial charge >= 0.3 is 0 Å². The van der Waals surface area contributed by atoms with Crippen LogP contribution >= 0.6 is 12.6 Å². The van der Waals surface area contributed by atoms with E-state index in [1.807, 2.05) is 0 Å². The Kier molecular flexibility index (Phi) is 4.78. The van der Waals surface area contributed by atoms with Gasteiger partial charge in [0.25, 0.3) is 0 Å². The first kappa shape index (κ1) is 17.9. The van der Waals surface area contributed by atoms with E-state index in [-0.39, 0.29) is 18.3 Å². The zero-order chi connectivity index (χ0) is 18.4. The number of aliphatic hydroxyl groups is 3. The Bertz CT molecular complexity index is 802. The average Bonchev–Trinajstić information content (AvgIpc) is 3.17. The van der Waals surface area contributed by atoms with E-state index in [0.717, 1.165) is 25.7 Å². The molecule has 1 saturated heterocycles. The van der Waals surface area contributed by atoms with Crippen LogP contribution in [0, 0.1) is 0 Å². The summed E-state index contributed by atoms with van der Waals surface area (Å²) in [6, 6.07) is 0. The molecule has 3 heterocycles. The van der Waals surface area contributed by atoms with Crippen molar-refractivity contribution in [2.45, 2.75) is 61.4 Å². The van der Waals surface area contributed by atoms with Crippen molar-refractivity contribution < 1.29 is 20.1 Å². The number of anilines is 1. The molecule has 0 radical (unpaired) electrons. The third-order valence-corrected chi connectivity index (χ3v) is 5.88. The lowest BCUT2D eigenvalue weighted by Crippen LogP contribution is -2.30. The Labute approximate surface area is 155 Å². The number of fused-ring (bicyclic) bond motifs is 1. The Balaban J connectivity index is 1.75. The minimum absolute atomic E-state index is 0.161. The minimum atomic E-state index is -0.912. The predicted molar refractivity (Wildman–Crippen MR) is 96.7 cm³/mol. The number of aromatic nitrogens is 4. The van der Waals surface area contributed by atoms with Crippen molar-refractivity contribution in [1.29, 1.82) is 0 Å². The van der Waals surface area contributed by atoms with Crippen molar-refractivity contribution in [2.24, 2.45) is 0 Å². The summed E-state index contributed by atoms with van der Waals surface area (Å²) in [6.45, 7) is -0.308. The van der Waals surface area contributed by atoms with Crippen molar-refractivity contribution in [1.82, 2.24) is 19.5 Å². The van der Waals surface area contributed by atoms with E-state index in [1.165, 1.54) is 6.33 Å².